The lowest BCUT2D eigenvalue weighted by molar-refractivity contribution is -0.0587. The van der Waals surface area contributed by atoms with Gasteiger partial charge in [-0.3, -0.25) is 14.2 Å². The maximum absolute atomic E-state index is 13.3. The number of pyridine rings is 1. The van der Waals surface area contributed by atoms with Gasteiger partial charge in [-0.15, -0.1) is 11.3 Å². The van der Waals surface area contributed by atoms with Gasteiger partial charge in [0.2, 0.25) is 0 Å². The summed E-state index contributed by atoms with van der Waals surface area (Å²) in [6.07, 6.45) is 3.84. The molecule has 0 unspecified atom stereocenters. The van der Waals surface area contributed by atoms with E-state index in [1.165, 1.54) is 5.56 Å². The van der Waals surface area contributed by atoms with Crippen LogP contribution in [-0.4, -0.2) is 50.5 Å². The molecule has 31 heavy (non-hydrogen) atoms. The molecular weight excluding hydrogens is 410 g/mol. The number of nitrogens with zero attached hydrogens (tertiary/aromatic N) is 4. The summed E-state index contributed by atoms with van der Waals surface area (Å²) >= 11 is 1.54. The van der Waals surface area contributed by atoms with Gasteiger partial charge in [0.15, 0.2) is 10.7 Å². The summed E-state index contributed by atoms with van der Waals surface area (Å²) in [7, 11) is 0. The van der Waals surface area contributed by atoms with E-state index in [-0.39, 0.29) is 18.1 Å². The van der Waals surface area contributed by atoms with Gasteiger partial charge in [-0.25, -0.2) is 4.98 Å². The minimum Gasteiger partial charge on any atom is -0.372 e. The lowest BCUT2D eigenvalue weighted by atomic mass is 10.1. The van der Waals surface area contributed by atoms with Crippen molar-refractivity contribution in [1.29, 1.82) is 0 Å². The van der Waals surface area contributed by atoms with Crippen LogP contribution in [0.3, 0.4) is 0 Å². The first-order valence-corrected chi connectivity index (χ1v) is 11.4. The van der Waals surface area contributed by atoms with E-state index in [4.69, 9.17) is 4.74 Å². The summed E-state index contributed by atoms with van der Waals surface area (Å²) in [6.45, 7) is 6.44. The zero-order valence-corrected chi connectivity index (χ0v) is 18.4. The van der Waals surface area contributed by atoms with Crippen LogP contribution in [-0.2, 0) is 17.8 Å². The number of hydrogen-bond acceptors (Lipinski definition) is 6. The van der Waals surface area contributed by atoms with E-state index in [0.29, 0.717) is 31.9 Å². The highest BCUT2D eigenvalue weighted by molar-refractivity contribution is 7.15. The average Bonchev–Trinajstić information content (AvgIpc) is 3.35. The van der Waals surface area contributed by atoms with Crippen molar-refractivity contribution in [2.45, 2.75) is 39.1 Å². The minimum atomic E-state index is -0.0218. The van der Waals surface area contributed by atoms with Crippen molar-refractivity contribution in [3.05, 3.63) is 65.1 Å². The van der Waals surface area contributed by atoms with Gasteiger partial charge in [0.05, 0.1) is 23.4 Å². The predicted octanol–water partition coefficient (Wildman–Crippen LogP) is 3.48. The number of hydrogen-bond donors (Lipinski definition) is 1. The average molecular weight is 436 g/mol. The second kappa shape index (κ2) is 8.37. The Morgan fingerprint density at radius 1 is 1.23 bits per heavy atom. The van der Waals surface area contributed by atoms with Gasteiger partial charge in [-0.05, 0) is 37.6 Å². The maximum atomic E-state index is 13.3. The van der Waals surface area contributed by atoms with Crippen LogP contribution >= 0.6 is 11.3 Å². The van der Waals surface area contributed by atoms with Gasteiger partial charge in [0.25, 0.3) is 5.91 Å². The van der Waals surface area contributed by atoms with Crippen LogP contribution in [0.15, 0.2) is 48.1 Å². The Balaban J connectivity index is 1.35. The number of carbonyl (C=O) groups is 1. The van der Waals surface area contributed by atoms with Gasteiger partial charge in [0.1, 0.15) is 0 Å². The van der Waals surface area contributed by atoms with E-state index < -0.39 is 0 Å². The molecule has 0 spiro atoms. The number of carbonyl (C=O) groups excluding carboxylic acids is 1. The Labute approximate surface area is 184 Å². The first-order valence-electron chi connectivity index (χ1n) is 10.5. The largest absolute Gasteiger partial charge is 0.372 e. The van der Waals surface area contributed by atoms with E-state index in [2.05, 4.69) is 33.5 Å². The van der Waals surface area contributed by atoms with Gasteiger partial charge < -0.3 is 15.0 Å². The van der Waals surface area contributed by atoms with E-state index in [1.807, 2.05) is 46.9 Å². The molecule has 1 aromatic carbocycles. The number of morpholine rings is 1. The Morgan fingerprint density at radius 2 is 2.06 bits per heavy atom. The third-order valence-corrected chi connectivity index (χ3v) is 6.32. The summed E-state index contributed by atoms with van der Waals surface area (Å²) in [4.78, 5) is 25.1. The van der Waals surface area contributed by atoms with Crippen LogP contribution in [0, 0.1) is 0 Å². The van der Waals surface area contributed by atoms with Crippen LogP contribution in [0.25, 0.3) is 15.9 Å². The van der Waals surface area contributed by atoms with Crippen LogP contribution in [0.1, 0.15) is 35.6 Å². The normalized spacial score (nSPS) is 19.4. The number of imidazole rings is 1. The molecule has 1 amide bonds. The van der Waals surface area contributed by atoms with Gasteiger partial charge in [-0.2, -0.15) is 0 Å². The molecule has 160 valence electrons. The SMILES string of the molecule is C[C@@H]1CN(C(=O)c2nc3sccn3c2CNCc2ccc3ncccc3c2)C[C@H](C)O1. The fourth-order valence-corrected chi connectivity index (χ4v) is 4.96. The zero-order valence-electron chi connectivity index (χ0n) is 17.6. The van der Waals surface area contributed by atoms with Gasteiger partial charge >= 0.3 is 0 Å². The van der Waals surface area contributed by atoms with Crippen LogP contribution in [0.5, 0.6) is 0 Å². The number of rotatable bonds is 5. The standard InChI is InChI=1S/C23H25N5O2S/c1-15-13-27(14-16(2)30-15)22(29)21-20(28-8-9-31-23(28)26-21)12-24-11-17-5-6-19-18(10-17)4-3-7-25-19/h3-10,15-16,24H,11-14H2,1-2H3/t15-,16+. The van der Waals surface area contributed by atoms with E-state index >= 15 is 0 Å². The number of ether oxygens (including phenoxy) is 1. The third kappa shape index (κ3) is 4.06. The van der Waals surface area contributed by atoms with Crippen molar-refractivity contribution in [2.75, 3.05) is 13.1 Å². The van der Waals surface area contributed by atoms with Gasteiger partial charge in [-0.1, -0.05) is 12.1 Å². The molecule has 4 aromatic rings. The molecule has 4 heterocycles. The number of benzene rings is 1. The topological polar surface area (TPSA) is 71.8 Å². The van der Waals surface area contributed by atoms with Crippen LogP contribution in [0.2, 0.25) is 0 Å². The molecule has 0 saturated carbocycles. The van der Waals surface area contributed by atoms with E-state index in [1.54, 1.807) is 17.5 Å². The fourth-order valence-electron chi connectivity index (χ4n) is 4.23. The van der Waals surface area contributed by atoms with Gasteiger partial charge in [0, 0.05) is 49.3 Å². The summed E-state index contributed by atoms with van der Waals surface area (Å²) in [5, 5.41) is 6.61. The third-order valence-electron chi connectivity index (χ3n) is 5.56. The highest BCUT2D eigenvalue weighted by atomic mass is 32.1. The summed E-state index contributed by atoms with van der Waals surface area (Å²) in [5.74, 6) is -0.0218. The molecule has 0 aliphatic carbocycles. The summed E-state index contributed by atoms with van der Waals surface area (Å²) in [6, 6.07) is 10.3. The predicted molar refractivity (Wildman–Crippen MR) is 121 cm³/mol. The minimum absolute atomic E-state index is 0.0218. The molecule has 0 bridgehead atoms. The number of thiazole rings is 1. The maximum Gasteiger partial charge on any atom is 0.274 e. The number of fused-ring (bicyclic) bond motifs is 2. The summed E-state index contributed by atoms with van der Waals surface area (Å²) in [5.41, 5.74) is 3.60. The lowest BCUT2D eigenvalue weighted by Gasteiger charge is -2.35. The molecule has 2 atom stereocenters. The first kappa shape index (κ1) is 20.1. The monoisotopic (exact) mass is 435 g/mol. The fraction of sp³-hybridized carbons (Fsp3) is 0.348. The zero-order chi connectivity index (χ0) is 21.4. The van der Waals surface area contributed by atoms with Crippen LogP contribution in [0.4, 0.5) is 0 Å². The molecule has 5 rings (SSSR count). The summed E-state index contributed by atoms with van der Waals surface area (Å²) < 4.78 is 7.80. The Kier molecular flexibility index (Phi) is 5.43. The second-order valence-electron chi connectivity index (χ2n) is 8.06. The van der Waals surface area contributed by atoms with Crippen molar-refractivity contribution in [3.63, 3.8) is 0 Å². The Hall–Kier alpha value is -2.81. The van der Waals surface area contributed by atoms with E-state index in [9.17, 15) is 4.79 Å². The molecule has 1 N–H and O–H groups in total. The molecule has 8 heteroatoms. The quantitative estimate of drug-likeness (QED) is 0.520. The van der Waals surface area contributed by atoms with E-state index in [0.717, 1.165) is 21.6 Å². The number of amides is 1. The highest BCUT2D eigenvalue weighted by Gasteiger charge is 2.30. The number of aromatic nitrogens is 3. The molecule has 7 nitrogen and oxygen atoms in total. The molecule has 1 saturated heterocycles. The Bertz CT molecular complexity index is 1220. The smallest absolute Gasteiger partial charge is 0.274 e. The van der Waals surface area contributed by atoms with Crippen LogP contribution < -0.4 is 5.32 Å². The first-order chi connectivity index (χ1) is 15.1. The second-order valence-corrected chi connectivity index (χ2v) is 8.94. The van der Waals surface area contributed by atoms with Crippen molar-refractivity contribution < 1.29 is 9.53 Å². The molecule has 1 fully saturated rings. The Morgan fingerprint density at radius 3 is 2.90 bits per heavy atom. The van der Waals surface area contributed by atoms with Crippen molar-refractivity contribution in [2.24, 2.45) is 0 Å². The molecular formula is C23H25N5O2S. The molecule has 3 aromatic heterocycles. The van der Waals surface area contributed by atoms with Crippen molar-refractivity contribution in [1.82, 2.24) is 24.6 Å². The lowest BCUT2D eigenvalue weighted by Crippen LogP contribution is -2.48. The molecule has 0 radical (unpaired) electrons. The van der Waals surface area contributed by atoms with Crippen molar-refractivity contribution in [3.8, 4) is 0 Å². The molecule has 1 aliphatic heterocycles. The van der Waals surface area contributed by atoms with Crippen molar-refractivity contribution >= 4 is 33.1 Å². The highest BCUT2D eigenvalue weighted by Crippen LogP contribution is 2.21. The number of nitrogens with one attached hydrogen (secondary N) is 1. The molecule has 1 aliphatic rings.